The normalized spacial score (nSPS) is 11.6. The minimum absolute atomic E-state index is 0.0615. The van der Waals surface area contributed by atoms with Gasteiger partial charge >= 0.3 is 0 Å². The lowest BCUT2D eigenvalue weighted by atomic mass is 9.87. The number of nitrogens with zero attached hydrogens (tertiary/aromatic N) is 2. The molecule has 282 valence electrons. The van der Waals surface area contributed by atoms with Gasteiger partial charge < -0.3 is 19.3 Å². The van der Waals surface area contributed by atoms with E-state index in [1.807, 2.05) is 98.8 Å². The van der Waals surface area contributed by atoms with Crippen molar-refractivity contribution in [2.24, 2.45) is 0 Å². The summed E-state index contributed by atoms with van der Waals surface area (Å²) in [6.07, 6.45) is 0.101. The molecular weight excluding hydrogens is 713 g/mol. The fraction of sp³-hybridized carbons (Fsp3) is 0.143. The average molecular weight is 759 g/mol. The van der Waals surface area contributed by atoms with Crippen molar-refractivity contribution in [3.05, 3.63) is 188 Å². The second-order valence-electron chi connectivity index (χ2n) is 14.9. The summed E-state index contributed by atoms with van der Waals surface area (Å²) in [6.45, 7) is 10.4. The van der Waals surface area contributed by atoms with Gasteiger partial charge in [-0.3, -0.25) is 0 Å². The lowest BCUT2D eigenvalue weighted by Crippen LogP contribution is -2.12. The summed E-state index contributed by atoms with van der Waals surface area (Å²) in [6, 6.07) is 58.9. The fourth-order valence-electron chi connectivity index (χ4n) is 6.50. The summed E-state index contributed by atoms with van der Waals surface area (Å²) in [4.78, 5) is 4.91. The molecule has 0 amide bonds. The highest BCUT2D eigenvalue weighted by atomic mass is 32.2. The van der Waals surface area contributed by atoms with Crippen LogP contribution in [0.5, 0.6) is 17.2 Å². The van der Waals surface area contributed by atoms with Gasteiger partial charge in [0.25, 0.3) is 0 Å². The maximum atomic E-state index is 13.4. The van der Waals surface area contributed by atoms with Gasteiger partial charge in [-0.2, -0.15) is 0 Å². The Kier molecular flexibility index (Phi) is 11.0. The van der Waals surface area contributed by atoms with Crippen molar-refractivity contribution in [1.82, 2.24) is 0 Å². The van der Waals surface area contributed by atoms with Gasteiger partial charge in [-0.15, -0.1) is 0 Å². The third kappa shape index (κ3) is 8.64. The Bertz CT molecular complexity index is 2440. The Morgan fingerprint density at radius 3 is 1.12 bits per heavy atom. The van der Waals surface area contributed by atoms with Crippen LogP contribution in [0, 0.1) is 0 Å². The van der Waals surface area contributed by atoms with Gasteiger partial charge in [-0.25, -0.2) is 8.42 Å². The SMILES string of the molecule is CC(C)Oc1ccc(N(c2ccccc2)c2ccc(N(c3ccccc3)c3ccc(Oc4ccc(S(=O)(=O)c5ccc(C(C)(C)C)cc5)cc4)cc3)cc2)cc1. The van der Waals surface area contributed by atoms with Crippen molar-refractivity contribution < 1.29 is 17.9 Å². The zero-order valence-corrected chi connectivity index (χ0v) is 33.2. The largest absolute Gasteiger partial charge is 0.491 e. The lowest BCUT2D eigenvalue weighted by molar-refractivity contribution is 0.242. The van der Waals surface area contributed by atoms with Crippen LogP contribution in [0.4, 0.5) is 34.1 Å². The van der Waals surface area contributed by atoms with Gasteiger partial charge in [0.05, 0.1) is 15.9 Å². The Morgan fingerprint density at radius 1 is 0.429 bits per heavy atom. The average Bonchev–Trinajstić information content (AvgIpc) is 3.20. The summed E-state index contributed by atoms with van der Waals surface area (Å²) < 4.78 is 38.8. The molecule has 0 atom stereocenters. The predicted octanol–water partition coefficient (Wildman–Crippen LogP) is 13.3. The molecule has 0 spiro atoms. The first-order chi connectivity index (χ1) is 27.0. The minimum atomic E-state index is -3.67. The van der Waals surface area contributed by atoms with Crippen LogP contribution in [0.2, 0.25) is 0 Å². The second-order valence-corrected chi connectivity index (χ2v) is 16.8. The Hall–Kier alpha value is -6.31. The van der Waals surface area contributed by atoms with Crippen LogP contribution in [0.1, 0.15) is 40.2 Å². The van der Waals surface area contributed by atoms with Crippen LogP contribution in [-0.4, -0.2) is 14.5 Å². The number of rotatable bonds is 12. The monoisotopic (exact) mass is 758 g/mol. The molecule has 6 nitrogen and oxygen atoms in total. The first-order valence-electron chi connectivity index (χ1n) is 18.8. The van der Waals surface area contributed by atoms with Crippen molar-refractivity contribution in [2.45, 2.75) is 55.9 Å². The van der Waals surface area contributed by atoms with E-state index in [1.54, 1.807) is 36.4 Å². The smallest absolute Gasteiger partial charge is 0.206 e. The molecule has 0 aliphatic rings. The molecule has 0 unspecified atom stereocenters. The highest BCUT2D eigenvalue weighted by molar-refractivity contribution is 7.91. The molecule has 0 saturated heterocycles. The number of benzene rings is 7. The summed E-state index contributed by atoms with van der Waals surface area (Å²) in [5.74, 6) is 2.01. The molecular formula is C49H46N2O4S. The van der Waals surface area contributed by atoms with Crippen molar-refractivity contribution >= 4 is 44.0 Å². The second kappa shape index (κ2) is 16.2. The van der Waals surface area contributed by atoms with E-state index >= 15 is 0 Å². The predicted molar refractivity (Wildman–Crippen MR) is 229 cm³/mol. The molecule has 7 rings (SSSR count). The first kappa shape index (κ1) is 38.0. The van der Waals surface area contributed by atoms with E-state index in [-0.39, 0.29) is 21.3 Å². The Labute approximate surface area is 331 Å². The molecule has 0 heterocycles. The number of sulfone groups is 1. The van der Waals surface area contributed by atoms with Crippen LogP contribution in [0.15, 0.2) is 192 Å². The standard InChI is InChI=1S/C49H46N2O4S/c1-36(2)54-44-26-22-42(23-27-44)50(38-12-8-6-9-13-38)40-18-20-41(21-19-40)51(39-14-10-7-11-15-39)43-24-28-45(29-25-43)55-46-30-34-48(35-31-46)56(52,53)47-32-16-37(17-33-47)49(3,4)5/h6-36H,1-5H3. The van der Waals surface area contributed by atoms with Crippen molar-refractivity contribution in [1.29, 1.82) is 0 Å². The van der Waals surface area contributed by atoms with Gasteiger partial charge in [-0.1, -0.05) is 69.3 Å². The van der Waals surface area contributed by atoms with E-state index in [2.05, 4.69) is 91.2 Å². The van der Waals surface area contributed by atoms with E-state index in [9.17, 15) is 8.42 Å². The molecule has 0 bridgehead atoms. The molecule has 7 aromatic rings. The fourth-order valence-corrected chi connectivity index (χ4v) is 7.76. The van der Waals surface area contributed by atoms with Crippen LogP contribution < -0.4 is 19.3 Å². The van der Waals surface area contributed by atoms with E-state index in [4.69, 9.17) is 9.47 Å². The number of hydrogen-bond acceptors (Lipinski definition) is 6. The van der Waals surface area contributed by atoms with Crippen molar-refractivity contribution in [2.75, 3.05) is 9.80 Å². The third-order valence-corrected chi connectivity index (χ3v) is 11.1. The maximum absolute atomic E-state index is 13.4. The lowest BCUT2D eigenvalue weighted by Gasteiger charge is -2.28. The number of para-hydroxylation sites is 2. The summed E-state index contributed by atoms with van der Waals surface area (Å²) in [5.41, 5.74) is 7.08. The zero-order chi connectivity index (χ0) is 39.3. The van der Waals surface area contributed by atoms with E-state index < -0.39 is 9.84 Å². The molecule has 0 aromatic heterocycles. The van der Waals surface area contributed by atoms with Gasteiger partial charge in [0.2, 0.25) is 9.84 Å². The van der Waals surface area contributed by atoms with Crippen LogP contribution in [0.3, 0.4) is 0 Å². The van der Waals surface area contributed by atoms with Gasteiger partial charge in [0.15, 0.2) is 0 Å². The minimum Gasteiger partial charge on any atom is -0.491 e. The van der Waals surface area contributed by atoms with E-state index in [0.717, 1.165) is 45.4 Å². The highest BCUT2D eigenvalue weighted by Crippen LogP contribution is 2.40. The molecule has 7 aromatic carbocycles. The quantitative estimate of drug-likeness (QED) is 0.124. The molecule has 0 aliphatic carbocycles. The number of hydrogen-bond donors (Lipinski definition) is 0. The highest BCUT2D eigenvalue weighted by Gasteiger charge is 2.21. The Balaban J connectivity index is 1.12. The molecule has 56 heavy (non-hydrogen) atoms. The topological polar surface area (TPSA) is 59.1 Å². The maximum Gasteiger partial charge on any atom is 0.206 e. The Morgan fingerprint density at radius 2 is 0.750 bits per heavy atom. The first-order valence-corrected chi connectivity index (χ1v) is 20.2. The van der Waals surface area contributed by atoms with Crippen molar-refractivity contribution in [3.8, 4) is 17.2 Å². The molecule has 7 heteroatoms. The summed E-state index contributed by atoms with van der Waals surface area (Å²) in [5, 5.41) is 0. The van der Waals surface area contributed by atoms with E-state index in [1.165, 1.54) is 0 Å². The van der Waals surface area contributed by atoms with E-state index in [0.29, 0.717) is 11.5 Å². The number of anilines is 6. The molecule has 0 aliphatic heterocycles. The van der Waals surface area contributed by atoms with Gasteiger partial charge in [-0.05, 0) is 158 Å². The molecule has 0 fully saturated rings. The molecule has 0 saturated carbocycles. The van der Waals surface area contributed by atoms with Crippen molar-refractivity contribution in [3.63, 3.8) is 0 Å². The van der Waals surface area contributed by atoms with Crippen LogP contribution in [-0.2, 0) is 15.3 Å². The van der Waals surface area contributed by atoms with Crippen LogP contribution in [0.25, 0.3) is 0 Å². The number of ether oxygens (including phenoxy) is 2. The zero-order valence-electron chi connectivity index (χ0n) is 32.3. The van der Waals surface area contributed by atoms with Gasteiger partial charge in [0, 0.05) is 34.1 Å². The third-order valence-electron chi connectivity index (χ3n) is 9.36. The molecule has 0 radical (unpaired) electrons. The summed E-state index contributed by atoms with van der Waals surface area (Å²) in [7, 11) is -3.67. The van der Waals surface area contributed by atoms with Gasteiger partial charge in [0.1, 0.15) is 17.2 Å². The summed E-state index contributed by atoms with van der Waals surface area (Å²) >= 11 is 0. The van der Waals surface area contributed by atoms with Crippen LogP contribution >= 0.6 is 0 Å². The molecule has 0 N–H and O–H groups in total.